The topological polar surface area (TPSA) is 87.1 Å². The SMILES string of the molecule is CCCCCC(CCCCC)CCOC(=O)CCCCCCCN(CCCCO)CCCCCCCC(=O)O. The van der Waals surface area contributed by atoms with Gasteiger partial charge in [0.05, 0.1) is 6.61 Å². The highest BCUT2D eigenvalue weighted by molar-refractivity contribution is 5.69. The number of aliphatic hydroxyl groups excluding tert-OH is 1. The number of carbonyl (C=O) groups is 2. The Bertz CT molecular complexity index is 532. The molecule has 232 valence electrons. The number of ether oxygens (including phenoxy) is 1. The molecule has 6 heteroatoms. The third-order valence-electron chi connectivity index (χ3n) is 7.82. The quantitative estimate of drug-likeness (QED) is 0.0658. The summed E-state index contributed by atoms with van der Waals surface area (Å²) in [5.41, 5.74) is 0. The zero-order valence-corrected chi connectivity index (χ0v) is 25.9. The Morgan fingerprint density at radius 2 is 1.10 bits per heavy atom. The Hall–Kier alpha value is -1.14. The van der Waals surface area contributed by atoms with Gasteiger partial charge in [-0.05, 0) is 70.5 Å². The summed E-state index contributed by atoms with van der Waals surface area (Å²) < 4.78 is 5.58. The highest BCUT2D eigenvalue weighted by atomic mass is 16.5. The highest BCUT2D eigenvalue weighted by Crippen LogP contribution is 2.21. The van der Waals surface area contributed by atoms with Crippen LogP contribution < -0.4 is 0 Å². The fraction of sp³-hybridized carbons (Fsp3) is 0.939. The number of esters is 1. The molecular weight excluding hydrogens is 490 g/mol. The molecule has 0 bridgehead atoms. The van der Waals surface area contributed by atoms with E-state index in [1.54, 1.807) is 0 Å². The highest BCUT2D eigenvalue weighted by Gasteiger charge is 2.11. The van der Waals surface area contributed by atoms with Crippen molar-refractivity contribution in [1.82, 2.24) is 4.90 Å². The number of unbranched alkanes of at least 4 members (excludes halogenated alkanes) is 13. The van der Waals surface area contributed by atoms with Crippen LogP contribution in [0.4, 0.5) is 0 Å². The standard InChI is InChI=1S/C33H65NO5/c1-3-5-13-21-31(22-14-6-4-2)25-30-39-33(38)24-16-10-8-12-18-27-34(28-19-20-29-35)26-17-11-7-9-15-23-32(36)37/h31,35H,3-30H2,1-2H3,(H,36,37). The van der Waals surface area contributed by atoms with Gasteiger partial charge in [-0.25, -0.2) is 0 Å². The van der Waals surface area contributed by atoms with Crippen LogP contribution in [-0.4, -0.2) is 59.9 Å². The summed E-state index contributed by atoms with van der Waals surface area (Å²) in [6.07, 6.45) is 24.8. The summed E-state index contributed by atoms with van der Waals surface area (Å²) >= 11 is 0. The number of nitrogens with zero attached hydrogens (tertiary/aromatic N) is 1. The lowest BCUT2D eigenvalue weighted by molar-refractivity contribution is -0.144. The first-order chi connectivity index (χ1) is 19.0. The minimum atomic E-state index is -0.695. The minimum Gasteiger partial charge on any atom is -0.481 e. The molecule has 0 rings (SSSR count). The van der Waals surface area contributed by atoms with E-state index in [9.17, 15) is 9.59 Å². The Morgan fingerprint density at radius 1 is 0.615 bits per heavy atom. The van der Waals surface area contributed by atoms with E-state index in [1.165, 1.54) is 64.2 Å². The first-order valence-corrected chi connectivity index (χ1v) is 16.7. The monoisotopic (exact) mass is 555 g/mol. The molecule has 0 radical (unpaired) electrons. The van der Waals surface area contributed by atoms with Gasteiger partial charge < -0.3 is 19.8 Å². The largest absolute Gasteiger partial charge is 0.481 e. The molecule has 0 heterocycles. The van der Waals surface area contributed by atoms with Crippen molar-refractivity contribution >= 4 is 11.9 Å². The lowest BCUT2D eigenvalue weighted by atomic mass is 9.92. The molecule has 0 aromatic heterocycles. The maximum atomic E-state index is 12.2. The number of carbonyl (C=O) groups excluding carboxylic acids is 1. The number of aliphatic carboxylic acids is 1. The second-order valence-corrected chi connectivity index (χ2v) is 11.6. The molecule has 0 amide bonds. The lowest BCUT2D eigenvalue weighted by Crippen LogP contribution is -2.27. The number of hydrogen-bond donors (Lipinski definition) is 2. The molecule has 0 atom stereocenters. The Balaban J connectivity index is 3.92. The van der Waals surface area contributed by atoms with Crippen LogP contribution in [0.1, 0.15) is 162 Å². The number of carboxylic acids is 1. The molecule has 0 saturated heterocycles. The van der Waals surface area contributed by atoms with Crippen LogP contribution in [0.2, 0.25) is 0 Å². The first-order valence-electron chi connectivity index (χ1n) is 16.7. The average molecular weight is 556 g/mol. The second-order valence-electron chi connectivity index (χ2n) is 11.6. The van der Waals surface area contributed by atoms with Gasteiger partial charge in [0.15, 0.2) is 0 Å². The Kier molecular flexibility index (Phi) is 29.0. The van der Waals surface area contributed by atoms with Crippen LogP contribution in [0.3, 0.4) is 0 Å². The van der Waals surface area contributed by atoms with Gasteiger partial charge in [0, 0.05) is 19.4 Å². The van der Waals surface area contributed by atoms with Crippen molar-refractivity contribution < 1.29 is 24.5 Å². The smallest absolute Gasteiger partial charge is 0.305 e. The molecule has 0 fully saturated rings. The molecule has 2 N–H and O–H groups in total. The minimum absolute atomic E-state index is 0.0196. The molecule has 0 aliphatic rings. The van der Waals surface area contributed by atoms with Gasteiger partial charge in [-0.1, -0.05) is 104 Å². The summed E-state index contributed by atoms with van der Waals surface area (Å²) in [6, 6.07) is 0. The third kappa shape index (κ3) is 28.2. The maximum absolute atomic E-state index is 12.2. The maximum Gasteiger partial charge on any atom is 0.305 e. The normalized spacial score (nSPS) is 11.5. The molecule has 0 unspecified atom stereocenters. The van der Waals surface area contributed by atoms with Crippen molar-refractivity contribution in [2.24, 2.45) is 5.92 Å². The van der Waals surface area contributed by atoms with Gasteiger partial charge in [0.1, 0.15) is 0 Å². The van der Waals surface area contributed by atoms with Gasteiger partial charge in [-0.2, -0.15) is 0 Å². The molecule has 0 aliphatic carbocycles. The van der Waals surface area contributed by atoms with E-state index >= 15 is 0 Å². The van der Waals surface area contributed by atoms with Gasteiger partial charge in [-0.3, -0.25) is 9.59 Å². The van der Waals surface area contributed by atoms with E-state index in [2.05, 4.69) is 18.7 Å². The molecule has 0 saturated carbocycles. The number of hydrogen-bond acceptors (Lipinski definition) is 5. The fourth-order valence-corrected chi connectivity index (χ4v) is 5.27. The summed E-state index contributed by atoms with van der Waals surface area (Å²) in [6.45, 7) is 8.60. The molecule has 0 aromatic carbocycles. The Morgan fingerprint density at radius 3 is 1.62 bits per heavy atom. The van der Waals surface area contributed by atoms with E-state index in [0.717, 1.165) is 90.3 Å². The summed E-state index contributed by atoms with van der Waals surface area (Å²) in [7, 11) is 0. The van der Waals surface area contributed by atoms with E-state index in [0.29, 0.717) is 18.9 Å². The van der Waals surface area contributed by atoms with Crippen LogP contribution in [-0.2, 0) is 14.3 Å². The lowest BCUT2D eigenvalue weighted by Gasteiger charge is -2.22. The molecule has 6 nitrogen and oxygen atoms in total. The van der Waals surface area contributed by atoms with E-state index in [1.807, 2.05) is 0 Å². The number of rotatable bonds is 31. The van der Waals surface area contributed by atoms with Crippen molar-refractivity contribution in [3.63, 3.8) is 0 Å². The zero-order chi connectivity index (χ0) is 28.8. The van der Waals surface area contributed by atoms with Crippen molar-refractivity contribution in [1.29, 1.82) is 0 Å². The van der Waals surface area contributed by atoms with Gasteiger partial charge in [0.2, 0.25) is 0 Å². The predicted molar refractivity (Wildman–Crippen MR) is 163 cm³/mol. The van der Waals surface area contributed by atoms with Gasteiger partial charge >= 0.3 is 11.9 Å². The van der Waals surface area contributed by atoms with Crippen molar-refractivity contribution in [2.45, 2.75) is 162 Å². The predicted octanol–water partition coefficient (Wildman–Crippen LogP) is 8.54. The number of aliphatic hydroxyl groups is 1. The van der Waals surface area contributed by atoms with Gasteiger partial charge in [0.25, 0.3) is 0 Å². The van der Waals surface area contributed by atoms with Crippen LogP contribution in [0.15, 0.2) is 0 Å². The Labute approximate surface area is 241 Å². The van der Waals surface area contributed by atoms with Gasteiger partial charge in [-0.15, -0.1) is 0 Å². The van der Waals surface area contributed by atoms with Crippen molar-refractivity contribution in [3.05, 3.63) is 0 Å². The summed E-state index contributed by atoms with van der Waals surface area (Å²) in [4.78, 5) is 25.3. The van der Waals surface area contributed by atoms with E-state index < -0.39 is 5.97 Å². The van der Waals surface area contributed by atoms with E-state index in [-0.39, 0.29) is 19.0 Å². The third-order valence-corrected chi connectivity index (χ3v) is 7.82. The van der Waals surface area contributed by atoms with Crippen LogP contribution in [0.5, 0.6) is 0 Å². The fourth-order valence-electron chi connectivity index (χ4n) is 5.27. The average Bonchev–Trinajstić information content (AvgIpc) is 2.91. The van der Waals surface area contributed by atoms with Crippen LogP contribution >= 0.6 is 0 Å². The summed E-state index contributed by atoms with van der Waals surface area (Å²) in [5, 5.41) is 17.8. The van der Waals surface area contributed by atoms with Crippen molar-refractivity contribution in [2.75, 3.05) is 32.8 Å². The zero-order valence-electron chi connectivity index (χ0n) is 25.9. The summed E-state index contributed by atoms with van der Waals surface area (Å²) in [5.74, 6) is -0.00326. The van der Waals surface area contributed by atoms with Crippen molar-refractivity contribution in [3.8, 4) is 0 Å². The molecule has 0 aliphatic heterocycles. The first kappa shape index (κ1) is 37.9. The van der Waals surface area contributed by atoms with Crippen LogP contribution in [0.25, 0.3) is 0 Å². The molecular formula is C33H65NO5. The molecule has 39 heavy (non-hydrogen) atoms. The van der Waals surface area contributed by atoms with Crippen LogP contribution in [0, 0.1) is 5.92 Å². The second kappa shape index (κ2) is 29.8. The van der Waals surface area contributed by atoms with E-state index in [4.69, 9.17) is 14.9 Å². The number of carboxylic acid groups (broad SMARTS) is 1. The molecule has 0 spiro atoms. The molecule has 0 aromatic rings.